The first-order valence-electron chi connectivity index (χ1n) is 7.28. The van der Waals surface area contributed by atoms with E-state index in [2.05, 4.69) is 27.9 Å². The quantitative estimate of drug-likeness (QED) is 0.438. The minimum Gasteiger partial charge on any atom is -0.505 e. The van der Waals surface area contributed by atoms with Crippen molar-refractivity contribution in [1.29, 1.82) is 0 Å². The summed E-state index contributed by atoms with van der Waals surface area (Å²) < 4.78 is 13.2. The van der Waals surface area contributed by atoms with Crippen LogP contribution in [0.25, 0.3) is 0 Å². The Kier molecular flexibility index (Phi) is 4.70. The van der Waals surface area contributed by atoms with Crippen molar-refractivity contribution in [1.82, 2.24) is 5.32 Å². The number of amides is 2. The van der Waals surface area contributed by atoms with Crippen LogP contribution in [0.15, 0.2) is 48.5 Å². The molecule has 2 atom stereocenters. The van der Waals surface area contributed by atoms with Crippen molar-refractivity contribution in [2.24, 2.45) is 0 Å². The maximum atomic E-state index is 13.6. The van der Waals surface area contributed by atoms with Crippen LogP contribution in [0.2, 0.25) is 0 Å². The molecule has 1 fully saturated rings. The first-order valence-corrected chi connectivity index (χ1v) is 8.52. The zero-order chi connectivity index (χ0) is 17.3. The van der Waals surface area contributed by atoms with Crippen LogP contribution in [0.3, 0.4) is 0 Å². The smallest absolute Gasteiger partial charge is 0.251 e. The predicted molar refractivity (Wildman–Crippen MR) is 95.7 cm³/mol. The summed E-state index contributed by atoms with van der Waals surface area (Å²) in [5, 5.41) is 12.1. The minimum absolute atomic E-state index is 0.134. The Morgan fingerprint density at radius 1 is 1.25 bits per heavy atom. The lowest BCUT2D eigenvalue weighted by Gasteiger charge is -2.24. The molecule has 2 aromatic rings. The van der Waals surface area contributed by atoms with Crippen LogP contribution >= 0.6 is 22.6 Å². The molecule has 5 nitrogen and oxygen atoms in total. The molecular formula is C17H14FIN2O3. The molecule has 1 aliphatic rings. The van der Waals surface area contributed by atoms with Crippen molar-refractivity contribution in [3.63, 3.8) is 0 Å². The molecule has 2 N–H and O–H groups in total. The molecule has 2 unspecified atom stereocenters. The van der Waals surface area contributed by atoms with Gasteiger partial charge in [-0.25, -0.2) is 4.39 Å². The second kappa shape index (κ2) is 6.76. The van der Waals surface area contributed by atoms with Gasteiger partial charge in [0.2, 0.25) is 5.91 Å². The number of aromatic hydroxyl groups is 1. The molecule has 3 rings (SSSR count). The number of benzene rings is 2. The van der Waals surface area contributed by atoms with E-state index in [1.165, 1.54) is 17.0 Å². The van der Waals surface area contributed by atoms with Crippen molar-refractivity contribution in [3.05, 3.63) is 59.9 Å². The van der Waals surface area contributed by atoms with Gasteiger partial charge in [0.05, 0.1) is 12.5 Å². The van der Waals surface area contributed by atoms with Crippen LogP contribution in [-0.2, 0) is 4.79 Å². The van der Waals surface area contributed by atoms with Gasteiger partial charge in [0.1, 0.15) is 4.05 Å². The topological polar surface area (TPSA) is 69.6 Å². The third-order valence-electron chi connectivity index (χ3n) is 3.80. The van der Waals surface area contributed by atoms with Gasteiger partial charge in [0, 0.05) is 17.3 Å². The number of phenols is 1. The molecule has 1 heterocycles. The van der Waals surface area contributed by atoms with Crippen LogP contribution in [-0.4, -0.2) is 27.0 Å². The maximum Gasteiger partial charge on any atom is 0.251 e. The normalized spacial score (nSPS) is 20.2. The number of halogens is 2. The van der Waals surface area contributed by atoms with Crippen LogP contribution in [0.4, 0.5) is 10.1 Å². The number of anilines is 1. The Morgan fingerprint density at radius 2 is 1.96 bits per heavy atom. The van der Waals surface area contributed by atoms with Gasteiger partial charge in [-0.1, -0.05) is 40.8 Å². The summed E-state index contributed by atoms with van der Waals surface area (Å²) in [7, 11) is 0. The van der Waals surface area contributed by atoms with E-state index >= 15 is 0 Å². The first-order chi connectivity index (χ1) is 11.5. The molecule has 0 radical (unpaired) electrons. The zero-order valence-electron chi connectivity index (χ0n) is 12.4. The number of phenolic OH excluding ortho intramolecular Hbond substituents is 1. The Hall–Kier alpha value is -2.16. The van der Waals surface area contributed by atoms with Crippen molar-refractivity contribution in [3.8, 4) is 5.75 Å². The van der Waals surface area contributed by atoms with Gasteiger partial charge >= 0.3 is 0 Å². The van der Waals surface area contributed by atoms with Crippen LogP contribution in [0.5, 0.6) is 5.75 Å². The van der Waals surface area contributed by atoms with Gasteiger partial charge in [-0.05, 0) is 24.3 Å². The van der Waals surface area contributed by atoms with Crippen molar-refractivity contribution >= 4 is 40.1 Å². The molecule has 0 bridgehead atoms. The molecule has 0 aliphatic carbocycles. The van der Waals surface area contributed by atoms with Gasteiger partial charge in [-0.2, -0.15) is 0 Å². The Bertz CT molecular complexity index is 785. The van der Waals surface area contributed by atoms with E-state index in [-0.39, 0.29) is 28.3 Å². The second-order valence-corrected chi connectivity index (χ2v) is 6.70. The van der Waals surface area contributed by atoms with Crippen molar-refractivity contribution < 1.29 is 19.1 Å². The van der Waals surface area contributed by atoms with E-state index in [4.69, 9.17) is 0 Å². The molecule has 24 heavy (non-hydrogen) atoms. The van der Waals surface area contributed by atoms with E-state index in [9.17, 15) is 19.1 Å². The van der Waals surface area contributed by atoms with Gasteiger partial charge < -0.3 is 10.4 Å². The minimum atomic E-state index is -0.791. The molecule has 0 saturated carbocycles. The van der Waals surface area contributed by atoms with Crippen LogP contribution < -0.4 is 10.2 Å². The second-order valence-electron chi connectivity index (χ2n) is 5.42. The monoisotopic (exact) mass is 440 g/mol. The summed E-state index contributed by atoms with van der Waals surface area (Å²) in [6.45, 7) is 0. The van der Waals surface area contributed by atoms with Gasteiger partial charge in [0.15, 0.2) is 11.6 Å². The molecule has 1 saturated heterocycles. The Morgan fingerprint density at radius 3 is 2.62 bits per heavy atom. The molecular weight excluding hydrogens is 426 g/mol. The number of carbonyl (C=O) groups is 2. The molecule has 7 heteroatoms. The number of hydrogen-bond donors (Lipinski definition) is 2. The fourth-order valence-corrected chi connectivity index (χ4v) is 3.66. The van der Waals surface area contributed by atoms with Crippen LogP contribution in [0.1, 0.15) is 16.8 Å². The number of carbonyl (C=O) groups excluding carboxylic acids is 2. The molecule has 1 aliphatic heterocycles. The van der Waals surface area contributed by atoms with Gasteiger partial charge in [-0.15, -0.1) is 0 Å². The first kappa shape index (κ1) is 16.7. The highest BCUT2D eigenvalue weighted by atomic mass is 127. The predicted octanol–water partition coefficient (Wildman–Crippen LogP) is 2.83. The number of nitrogens with zero attached hydrogens (tertiary/aromatic N) is 1. The van der Waals surface area contributed by atoms with Gasteiger partial charge in [-0.3, -0.25) is 14.5 Å². The fraction of sp³-hybridized carbons (Fsp3) is 0.176. The lowest BCUT2D eigenvalue weighted by Crippen LogP contribution is -2.42. The zero-order valence-corrected chi connectivity index (χ0v) is 14.6. The summed E-state index contributed by atoms with van der Waals surface area (Å²) >= 11 is 2.05. The standard InChI is InChI=1S/C17H14FIN2O3/c18-12-8-11(6-7-14(12)22)21-15(23)9-13(16(21)19)20-17(24)10-4-2-1-3-5-10/h1-8,13,16,22H,9H2,(H,20,24). The molecule has 0 spiro atoms. The maximum absolute atomic E-state index is 13.6. The molecule has 2 aromatic carbocycles. The van der Waals surface area contributed by atoms with Crippen molar-refractivity contribution in [2.75, 3.05) is 4.90 Å². The lowest BCUT2D eigenvalue weighted by molar-refractivity contribution is -0.117. The van der Waals surface area contributed by atoms with Crippen molar-refractivity contribution in [2.45, 2.75) is 16.5 Å². The number of rotatable bonds is 3. The molecule has 0 aromatic heterocycles. The van der Waals surface area contributed by atoms with E-state index in [1.54, 1.807) is 24.3 Å². The van der Waals surface area contributed by atoms with E-state index in [0.717, 1.165) is 6.07 Å². The SMILES string of the molecule is O=C(NC1CC(=O)N(c2ccc(O)c(F)c2)C1I)c1ccccc1. The average molecular weight is 440 g/mol. The highest BCUT2D eigenvalue weighted by Crippen LogP contribution is 2.32. The number of hydrogen-bond acceptors (Lipinski definition) is 3. The summed E-state index contributed by atoms with van der Waals surface area (Å²) in [5.74, 6) is -1.73. The van der Waals surface area contributed by atoms with Crippen LogP contribution in [0, 0.1) is 5.82 Å². The summed E-state index contributed by atoms with van der Waals surface area (Å²) in [4.78, 5) is 26.0. The van der Waals surface area contributed by atoms with E-state index in [1.807, 2.05) is 6.07 Å². The highest BCUT2D eigenvalue weighted by molar-refractivity contribution is 14.1. The summed E-state index contributed by atoms with van der Waals surface area (Å²) in [6, 6.07) is 12.1. The number of nitrogens with one attached hydrogen (secondary N) is 1. The Labute approximate surface area is 151 Å². The Balaban J connectivity index is 1.77. The third-order valence-corrected chi connectivity index (χ3v) is 5.23. The average Bonchev–Trinajstić information content (AvgIpc) is 2.85. The van der Waals surface area contributed by atoms with E-state index in [0.29, 0.717) is 11.3 Å². The lowest BCUT2D eigenvalue weighted by atomic mass is 10.2. The van der Waals surface area contributed by atoms with E-state index < -0.39 is 11.6 Å². The molecule has 124 valence electrons. The summed E-state index contributed by atoms with van der Waals surface area (Å²) in [5.41, 5.74) is 0.869. The van der Waals surface area contributed by atoms with Gasteiger partial charge in [0.25, 0.3) is 5.91 Å². The third kappa shape index (κ3) is 3.21. The largest absolute Gasteiger partial charge is 0.505 e. The number of alkyl halides is 1. The molecule has 2 amide bonds. The summed E-state index contributed by atoms with van der Waals surface area (Å²) in [6.07, 6.45) is 0.134. The fourth-order valence-electron chi connectivity index (χ4n) is 2.59. The highest BCUT2D eigenvalue weighted by Gasteiger charge is 2.40.